The Morgan fingerprint density at radius 1 is 1.08 bits per heavy atom. The number of nitrogens with one attached hydrogen (secondary N) is 1. The van der Waals surface area contributed by atoms with Gasteiger partial charge in [0.2, 0.25) is 0 Å². The number of piperidine rings is 3. The van der Waals surface area contributed by atoms with Gasteiger partial charge in [-0.05, 0) is 62.2 Å². The Morgan fingerprint density at radius 3 is 2.75 bits per heavy atom. The molecular formula is C20H21N3O. The second-order valence-corrected chi connectivity index (χ2v) is 7.13. The first kappa shape index (κ1) is 14.1. The van der Waals surface area contributed by atoms with Gasteiger partial charge in [0.25, 0.3) is 5.91 Å². The number of aromatic nitrogens is 1. The molecule has 1 amide bonds. The largest absolute Gasteiger partial charge is 0.348 e. The summed E-state index contributed by atoms with van der Waals surface area (Å²) in [6.07, 6.45) is 4.48. The highest BCUT2D eigenvalue weighted by Crippen LogP contribution is 2.28. The molecule has 0 spiro atoms. The fourth-order valence-corrected chi connectivity index (χ4v) is 4.35. The monoisotopic (exact) mass is 319 g/mol. The third-order valence-electron chi connectivity index (χ3n) is 5.72. The van der Waals surface area contributed by atoms with Gasteiger partial charge < -0.3 is 14.6 Å². The van der Waals surface area contributed by atoms with Crippen molar-refractivity contribution < 1.29 is 4.79 Å². The van der Waals surface area contributed by atoms with Gasteiger partial charge in [-0.3, -0.25) is 4.79 Å². The lowest BCUT2D eigenvalue weighted by atomic mass is 9.84. The van der Waals surface area contributed by atoms with E-state index in [0.717, 1.165) is 23.1 Å². The first-order chi connectivity index (χ1) is 11.8. The Bertz CT molecular complexity index is 921. The van der Waals surface area contributed by atoms with Crippen molar-refractivity contribution in [3.8, 4) is 0 Å². The molecule has 0 aliphatic carbocycles. The van der Waals surface area contributed by atoms with Crippen LogP contribution in [0.25, 0.3) is 16.4 Å². The van der Waals surface area contributed by atoms with Crippen LogP contribution in [0.1, 0.15) is 23.2 Å². The van der Waals surface area contributed by atoms with Crippen molar-refractivity contribution in [1.29, 1.82) is 0 Å². The zero-order valence-electron chi connectivity index (χ0n) is 13.6. The normalized spacial score (nSPS) is 26.1. The first-order valence-corrected chi connectivity index (χ1v) is 8.81. The summed E-state index contributed by atoms with van der Waals surface area (Å²) in [6, 6.07) is 14.6. The van der Waals surface area contributed by atoms with Crippen molar-refractivity contribution in [2.24, 2.45) is 5.92 Å². The van der Waals surface area contributed by atoms with Crippen LogP contribution >= 0.6 is 0 Å². The highest BCUT2D eigenvalue weighted by molar-refractivity contribution is 5.99. The van der Waals surface area contributed by atoms with Crippen LogP contribution in [0.2, 0.25) is 0 Å². The van der Waals surface area contributed by atoms with Gasteiger partial charge in [0, 0.05) is 35.2 Å². The number of rotatable bonds is 2. The fraction of sp³-hybridized carbons (Fsp3) is 0.350. The second-order valence-electron chi connectivity index (χ2n) is 7.13. The molecule has 1 N–H and O–H groups in total. The van der Waals surface area contributed by atoms with Gasteiger partial charge >= 0.3 is 0 Å². The molecule has 3 saturated heterocycles. The maximum Gasteiger partial charge on any atom is 0.251 e. The molecule has 3 aromatic rings. The zero-order chi connectivity index (χ0) is 16.1. The smallest absolute Gasteiger partial charge is 0.251 e. The van der Waals surface area contributed by atoms with E-state index in [1.165, 1.54) is 31.3 Å². The lowest BCUT2D eigenvalue weighted by Gasteiger charge is -2.44. The van der Waals surface area contributed by atoms with E-state index < -0.39 is 0 Å². The standard InChI is InChI=1S/C20H21N3O/c24-20(21-18-13-22-9-6-14(18)7-10-22)16-5-4-15-11-17-3-1-2-8-23(17)19(15)12-16/h1-5,8,11-12,14,18H,6-7,9-10,13H2,(H,21,24)/t18-/m0/s1. The van der Waals surface area contributed by atoms with E-state index in [-0.39, 0.29) is 5.91 Å². The zero-order valence-corrected chi connectivity index (χ0v) is 13.6. The molecule has 6 rings (SSSR count). The molecule has 3 fully saturated rings. The number of hydrogen-bond donors (Lipinski definition) is 1. The maximum atomic E-state index is 12.8. The molecule has 24 heavy (non-hydrogen) atoms. The van der Waals surface area contributed by atoms with E-state index in [1.807, 2.05) is 36.5 Å². The molecule has 0 radical (unpaired) electrons. The molecule has 2 aromatic heterocycles. The number of carbonyl (C=O) groups is 1. The summed E-state index contributed by atoms with van der Waals surface area (Å²) < 4.78 is 2.14. The molecule has 4 nitrogen and oxygen atoms in total. The Kier molecular flexibility index (Phi) is 3.13. The summed E-state index contributed by atoms with van der Waals surface area (Å²) >= 11 is 0. The minimum Gasteiger partial charge on any atom is -0.348 e. The molecule has 3 aliphatic heterocycles. The molecule has 5 heterocycles. The Labute approximate surface area is 141 Å². The molecular weight excluding hydrogens is 298 g/mol. The summed E-state index contributed by atoms with van der Waals surface area (Å²) in [5.41, 5.74) is 3.00. The van der Waals surface area contributed by atoms with Gasteiger partial charge in [0.05, 0.1) is 5.52 Å². The van der Waals surface area contributed by atoms with Gasteiger partial charge in [0.15, 0.2) is 0 Å². The molecule has 0 unspecified atom stereocenters. The van der Waals surface area contributed by atoms with Crippen LogP contribution in [0.15, 0.2) is 48.7 Å². The molecule has 1 atom stereocenters. The quantitative estimate of drug-likeness (QED) is 0.788. The van der Waals surface area contributed by atoms with E-state index in [0.29, 0.717) is 12.0 Å². The van der Waals surface area contributed by atoms with Crippen LogP contribution < -0.4 is 5.32 Å². The van der Waals surface area contributed by atoms with Crippen LogP contribution in [0.5, 0.6) is 0 Å². The molecule has 3 aliphatic rings. The average molecular weight is 319 g/mol. The van der Waals surface area contributed by atoms with Gasteiger partial charge in [-0.1, -0.05) is 12.1 Å². The summed E-state index contributed by atoms with van der Waals surface area (Å²) in [4.78, 5) is 15.2. The van der Waals surface area contributed by atoms with Gasteiger partial charge in [-0.2, -0.15) is 0 Å². The molecule has 1 aromatic carbocycles. The van der Waals surface area contributed by atoms with Crippen LogP contribution in [0.3, 0.4) is 0 Å². The Balaban J connectivity index is 1.45. The molecule has 0 saturated carbocycles. The summed E-state index contributed by atoms with van der Waals surface area (Å²) in [7, 11) is 0. The minimum atomic E-state index is 0.0570. The van der Waals surface area contributed by atoms with E-state index in [2.05, 4.69) is 26.8 Å². The highest BCUT2D eigenvalue weighted by atomic mass is 16.1. The van der Waals surface area contributed by atoms with E-state index in [4.69, 9.17) is 0 Å². The number of amides is 1. The van der Waals surface area contributed by atoms with Gasteiger partial charge in [-0.25, -0.2) is 0 Å². The van der Waals surface area contributed by atoms with Crippen molar-refractivity contribution in [2.45, 2.75) is 18.9 Å². The number of hydrogen-bond acceptors (Lipinski definition) is 2. The van der Waals surface area contributed by atoms with Crippen molar-refractivity contribution >= 4 is 22.3 Å². The molecule has 122 valence electrons. The van der Waals surface area contributed by atoms with Crippen molar-refractivity contribution in [2.75, 3.05) is 19.6 Å². The first-order valence-electron chi connectivity index (χ1n) is 8.81. The van der Waals surface area contributed by atoms with E-state index in [1.54, 1.807) is 0 Å². The number of carbonyl (C=O) groups excluding carboxylic acids is 1. The summed E-state index contributed by atoms with van der Waals surface area (Å²) in [5.74, 6) is 0.707. The van der Waals surface area contributed by atoms with E-state index in [9.17, 15) is 4.79 Å². The summed E-state index contributed by atoms with van der Waals surface area (Å²) in [5, 5.41) is 4.45. The predicted molar refractivity (Wildman–Crippen MR) is 95.3 cm³/mol. The lowest BCUT2D eigenvalue weighted by molar-refractivity contribution is 0.0620. The fourth-order valence-electron chi connectivity index (χ4n) is 4.35. The molecule has 2 bridgehead atoms. The van der Waals surface area contributed by atoms with Crippen LogP contribution in [-0.2, 0) is 0 Å². The van der Waals surface area contributed by atoms with E-state index >= 15 is 0 Å². The lowest BCUT2D eigenvalue weighted by Crippen LogP contribution is -2.57. The van der Waals surface area contributed by atoms with Crippen molar-refractivity contribution in [1.82, 2.24) is 14.6 Å². The van der Waals surface area contributed by atoms with Gasteiger partial charge in [-0.15, -0.1) is 0 Å². The maximum absolute atomic E-state index is 12.8. The third kappa shape index (κ3) is 2.21. The predicted octanol–water partition coefficient (Wildman–Crippen LogP) is 2.92. The Hall–Kier alpha value is -2.33. The second kappa shape index (κ2) is 5.35. The topological polar surface area (TPSA) is 36.8 Å². The number of fused-ring (bicyclic) bond motifs is 6. The number of benzene rings is 1. The number of pyridine rings is 1. The minimum absolute atomic E-state index is 0.0570. The van der Waals surface area contributed by atoms with Crippen molar-refractivity contribution in [3.63, 3.8) is 0 Å². The molecule has 4 heteroatoms. The Morgan fingerprint density at radius 2 is 1.96 bits per heavy atom. The van der Waals surface area contributed by atoms with Crippen molar-refractivity contribution in [3.05, 3.63) is 54.2 Å². The highest BCUT2D eigenvalue weighted by Gasteiger charge is 2.34. The SMILES string of the molecule is O=C(N[C@H]1CN2CCC1CC2)c1ccc2cc3ccccn3c2c1. The third-order valence-corrected chi connectivity index (χ3v) is 5.72. The number of nitrogens with zero attached hydrogens (tertiary/aromatic N) is 2. The van der Waals surface area contributed by atoms with Crippen LogP contribution in [0.4, 0.5) is 0 Å². The van der Waals surface area contributed by atoms with Crippen LogP contribution in [-0.4, -0.2) is 40.9 Å². The van der Waals surface area contributed by atoms with Crippen LogP contribution in [0, 0.1) is 5.92 Å². The van der Waals surface area contributed by atoms with Gasteiger partial charge in [0.1, 0.15) is 0 Å². The average Bonchev–Trinajstić information content (AvgIpc) is 3.00. The summed E-state index contributed by atoms with van der Waals surface area (Å²) in [6.45, 7) is 3.39.